The van der Waals surface area contributed by atoms with Crippen LogP contribution in [-0.4, -0.2) is 24.6 Å². The molecule has 0 aliphatic carbocycles. The molecular weight excluding hydrogens is 178 g/mol. The quantitative estimate of drug-likeness (QED) is 0.535. The number of hydrogen-bond donors (Lipinski definition) is 1. The summed E-state index contributed by atoms with van der Waals surface area (Å²) in [6.45, 7) is 0. The van der Waals surface area contributed by atoms with Crippen LogP contribution in [0.2, 0.25) is 0 Å². The summed E-state index contributed by atoms with van der Waals surface area (Å²) in [5.74, 6) is 6.27. The largest absolute Gasteiger partial charge is 0.317 e. The monoisotopic (exact) mass is 197 g/mol. The highest BCUT2D eigenvalue weighted by Gasteiger charge is 2.23. The van der Waals surface area contributed by atoms with E-state index >= 15 is 0 Å². The van der Waals surface area contributed by atoms with Gasteiger partial charge >= 0.3 is 0 Å². The van der Waals surface area contributed by atoms with Gasteiger partial charge < -0.3 is 5.32 Å². The van der Waals surface area contributed by atoms with Crippen LogP contribution in [0.4, 0.5) is 0 Å². The second-order valence-electron chi connectivity index (χ2n) is 3.62. The Balaban J connectivity index is 2.21. The van der Waals surface area contributed by atoms with Gasteiger partial charge in [0.1, 0.15) is 0 Å². The molecule has 0 bridgehead atoms. The third-order valence-corrected chi connectivity index (χ3v) is 3.93. The molecule has 1 aliphatic heterocycles. The molecule has 0 amide bonds. The van der Waals surface area contributed by atoms with Gasteiger partial charge in [-0.05, 0) is 43.7 Å². The van der Waals surface area contributed by atoms with Crippen molar-refractivity contribution in [2.45, 2.75) is 31.7 Å². The zero-order chi connectivity index (χ0) is 9.52. The molecule has 0 spiro atoms. The maximum absolute atomic E-state index is 5.24. The Bertz CT molecular complexity index is 167. The lowest BCUT2D eigenvalue weighted by atomic mass is 9.95. The van der Waals surface area contributed by atoms with Crippen LogP contribution >= 0.6 is 11.8 Å². The summed E-state index contributed by atoms with van der Waals surface area (Å²) < 4.78 is 0. The maximum Gasteiger partial charge on any atom is 0.0101 e. The first kappa shape index (κ1) is 10.9. The highest BCUT2D eigenvalue weighted by atomic mass is 32.2. The van der Waals surface area contributed by atoms with Crippen LogP contribution in [0.25, 0.3) is 0 Å². The second-order valence-corrected chi connectivity index (χ2v) is 4.77. The fourth-order valence-electron chi connectivity index (χ4n) is 1.91. The molecule has 1 fully saturated rings. The predicted octanol–water partition coefficient (Wildman–Crippen LogP) is 2.13. The van der Waals surface area contributed by atoms with Crippen LogP contribution in [0.5, 0.6) is 0 Å². The highest BCUT2D eigenvalue weighted by molar-refractivity contribution is 7.99. The van der Waals surface area contributed by atoms with Crippen molar-refractivity contribution in [1.29, 1.82) is 0 Å². The van der Waals surface area contributed by atoms with Gasteiger partial charge in [-0.3, -0.25) is 0 Å². The van der Waals surface area contributed by atoms with Crippen LogP contribution in [0, 0.1) is 18.3 Å². The summed E-state index contributed by atoms with van der Waals surface area (Å²) in [6.07, 6.45) is 9.96. The Morgan fingerprint density at radius 2 is 2.54 bits per heavy atom. The van der Waals surface area contributed by atoms with Gasteiger partial charge in [-0.25, -0.2) is 0 Å². The Kier molecular flexibility index (Phi) is 5.34. The highest BCUT2D eigenvalue weighted by Crippen LogP contribution is 2.27. The third kappa shape index (κ3) is 3.62. The van der Waals surface area contributed by atoms with Crippen molar-refractivity contribution < 1.29 is 0 Å². The summed E-state index contributed by atoms with van der Waals surface area (Å²) in [5.41, 5.74) is 0. The molecule has 1 N–H and O–H groups in total. The van der Waals surface area contributed by atoms with Gasteiger partial charge in [-0.2, -0.15) is 11.8 Å². The lowest BCUT2D eigenvalue weighted by molar-refractivity contribution is 0.378. The molecule has 2 unspecified atom stereocenters. The minimum Gasteiger partial charge on any atom is -0.317 e. The molecule has 2 atom stereocenters. The maximum atomic E-state index is 5.24. The van der Waals surface area contributed by atoms with Crippen molar-refractivity contribution in [3.05, 3.63) is 0 Å². The summed E-state index contributed by atoms with van der Waals surface area (Å²) >= 11 is 2.08. The number of hydrogen-bond acceptors (Lipinski definition) is 2. The predicted molar refractivity (Wildman–Crippen MR) is 61.0 cm³/mol. The second kappa shape index (κ2) is 6.34. The molecule has 13 heavy (non-hydrogen) atoms. The van der Waals surface area contributed by atoms with E-state index in [1.54, 1.807) is 0 Å². The van der Waals surface area contributed by atoms with E-state index in [4.69, 9.17) is 6.42 Å². The molecule has 0 aromatic rings. The van der Waals surface area contributed by atoms with Gasteiger partial charge in [0.05, 0.1) is 0 Å². The van der Waals surface area contributed by atoms with Gasteiger partial charge in [-0.1, -0.05) is 0 Å². The molecule has 0 saturated carbocycles. The smallest absolute Gasteiger partial charge is 0.0101 e. The Hall–Kier alpha value is -0.130. The molecule has 1 saturated heterocycles. The van der Waals surface area contributed by atoms with Gasteiger partial charge in [0, 0.05) is 12.5 Å². The lowest BCUT2D eigenvalue weighted by Gasteiger charge is -2.21. The molecule has 0 aromatic heterocycles. The Labute approximate surface area is 86.1 Å². The zero-order valence-corrected chi connectivity index (χ0v) is 9.20. The minimum atomic E-state index is 0.698. The van der Waals surface area contributed by atoms with Crippen LogP contribution in [-0.2, 0) is 0 Å². The first-order valence-corrected chi connectivity index (χ1v) is 6.22. The summed E-state index contributed by atoms with van der Waals surface area (Å²) in [5, 5.41) is 3.42. The van der Waals surface area contributed by atoms with E-state index in [0.717, 1.165) is 12.3 Å². The number of unbranched alkanes of at least 4 members (excludes halogenated alkanes) is 1. The van der Waals surface area contributed by atoms with Gasteiger partial charge in [0.25, 0.3) is 0 Å². The van der Waals surface area contributed by atoms with Crippen molar-refractivity contribution >= 4 is 11.8 Å². The fourth-order valence-corrected chi connectivity index (χ4v) is 3.25. The van der Waals surface area contributed by atoms with E-state index in [1.807, 2.05) is 0 Å². The molecule has 1 nitrogen and oxygen atoms in total. The summed E-state index contributed by atoms with van der Waals surface area (Å²) in [7, 11) is 2.07. The van der Waals surface area contributed by atoms with Gasteiger partial charge in [0.15, 0.2) is 0 Å². The number of rotatable bonds is 5. The molecular formula is C11H19NS. The molecule has 0 radical (unpaired) electrons. The van der Waals surface area contributed by atoms with E-state index in [1.165, 1.54) is 30.8 Å². The third-order valence-electron chi connectivity index (χ3n) is 2.74. The van der Waals surface area contributed by atoms with Crippen LogP contribution < -0.4 is 5.32 Å². The summed E-state index contributed by atoms with van der Waals surface area (Å²) in [6, 6.07) is 0.698. The van der Waals surface area contributed by atoms with E-state index in [9.17, 15) is 0 Å². The van der Waals surface area contributed by atoms with Gasteiger partial charge in [0.2, 0.25) is 0 Å². The van der Waals surface area contributed by atoms with Crippen molar-refractivity contribution in [3.63, 3.8) is 0 Å². The Morgan fingerprint density at radius 1 is 1.69 bits per heavy atom. The first-order valence-electron chi connectivity index (χ1n) is 5.07. The lowest BCUT2D eigenvalue weighted by Crippen LogP contribution is -2.33. The standard InChI is InChI=1S/C11H19NS/c1-3-4-5-6-11(12-2)10-7-8-13-9-10/h1,10-12H,4-9H2,2H3. The molecule has 1 aliphatic rings. The van der Waals surface area contributed by atoms with Crippen molar-refractivity contribution in [2.75, 3.05) is 18.6 Å². The average molecular weight is 197 g/mol. The first-order chi connectivity index (χ1) is 6.38. The molecule has 0 aromatic carbocycles. The Morgan fingerprint density at radius 3 is 3.08 bits per heavy atom. The van der Waals surface area contributed by atoms with Crippen LogP contribution in [0.15, 0.2) is 0 Å². The van der Waals surface area contributed by atoms with Crippen molar-refractivity contribution in [3.8, 4) is 12.3 Å². The van der Waals surface area contributed by atoms with Gasteiger partial charge in [-0.15, -0.1) is 12.3 Å². The van der Waals surface area contributed by atoms with E-state index < -0.39 is 0 Å². The van der Waals surface area contributed by atoms with Crippen molar-refractivity contribution in [2.24, 2.45) is 5.92 Å². The minimum absolute atomic E-state index is 0.698. The van der Waals surface area contributed by atoms with E-state index in [2.05, 4.69) is 30.0 Å². The molecule has 74 valence electrons. The summed E-state index contributed by atoms with van der Waals surface area (Å²) in [4.78, 5) is 0. The normalized spacial score (nSPS) is 24.2. The van der Waals surface area contributed by atoms with Crippen LogP contribution in [0.3, 0.4) is 0 Å². The SMILES string of the molecule is C#CCCCC(NC)C1CCSC1. The topological polar surface area (TPSA) is 12.0 Å². The molecule has 2 heteroatoms. The van der Waals surface area contributed by atoms with Crippen LogP contribution in [0.1, 0.15) is 25.7 Å². The van der Waals surface area contributed by atoms with Crippen molar-refractivity contribution in [1.82, 2.24) is 5.32 Å². The molecule has 1 heterocycles. The zero-order valence-electron chi connectivity index (χ0n) is 8.38. The molecule has 1 rings (SSSR count). The van der Waals surface area contributed by atoms with E-state index in [0.29, 0.717) is 6.04 Å². The number of nitrogens with one attached hydrogen (secondary N) is 1. The fraction of sp³-hybridized carbons (Fsp3) is 0.818. The average Bonchev–Trinajstić information content (AvgIpc) is 2.65. The number of terminal acetylenes is 1. The number of thioether (sulfide) groups is 1. The van der Waals surface area contributed by atoms with E-state index in [-0.39, 0.29) is 0 Å².